The van der Waals surface area contributed by atoms with Gasteiger partial charge < -0.3 is 13.9 Å². The maximum absolute atomic E-state index is 6.28. The topological polar surface area (TPSA) is 21.3 Å². The summed E-state index contributed by atoms with van der Waals surface area (Å²) in [5.41, 5.74) is 15.6. The van der Waals surface area contributed by atoms with Gasteiger partial charge in [-0.05, 0) is 122 Å². The summed E-state index contributed by atoms with van der Waals surface area (Å²) in [4.78, 5) is 2.40. The van der Waals surface area contributed by atoms with Gasteiger partial charge in [-0.1, -0.05) is 170 Å². The molecule has 0 aliphatic heterocycles. The molecule has 0 aliphatic carbocycles. The average molecular weight is 829 g/mol. The van der Waals surface area contributed by atoms with Crippen molar-refractivity contribution in [2.24, 2.45) is 0 Å². The number of anilines is 3. The lowest BCUT2D eigenvalue weighted by molar-refractivity contribution is 0.669. The van der Waals surface area contributed by atoms with Crippen molar-refractivity contribution in [3.05, 3.63) is 243 Å². The summed E-state index contributed by atoms with van der Waals surface area (Å²) in [6.45, 7) is 0. The molecule has 0 bridgehead atoms. The van der Waals surface area contributed by atoms with Crippen LogP contribution in [0.4, 0.5) is 17.1 Å². The van der Waals surface area contributed by atoms with E-state index in [0.29, 0.717) is 0 Å². The highest BCUT2D eigenvalue weighted by Crippen LogP contribution is 2.44. The van der Waals surface area contributed by atoms with Crippen molar-refractivity contribution in [2.45, 2.75) is 0 Å². The molecule has 0 saturated heterocycles. The van der Waals surface area contributed by atoms with Gasteiger partial charge in [0.25, 0.3) is 0 Å². The van der Waals surface area contributed by atoms with Crippen LogP contribution in [-0.4, -0.2) is 4.57 Å². The molecule has 0 atom stereocenters. The molecule has 13 rings (SSSR count). The van der Waals surface area contributed by atoms with Gasteiger partial charge in [0.15, 0.2) is 0 Å². The van der Waals surface area contributed by atoms with E-state index in [4.69, 9.17) is 4.42 Å². The molecule has 304 valence electrons. The van der Waals surface area contributed by atoms with Crippen molar-refractivity contribution in [3.8, 4) is 39.1 Å². The first-order valence-electron chi connectivity index (χ1n) is 22.2. The molecule has 0 saturated carbocycles. The molecular weight excluding hydrogens is 789 g/mol. The number of nitrogens with zero attached hydrogens (tertiary/aromatic N) is 2. The van der Waals surface area contributed by atoms with Gasteiger partial charge in [-0.25, -0.2) is 0 Å². The predicted octanol–water partition coefficient (Wildman–Crippen LogP) is 17.5. The van der Waals surface area contributed by atoms with E-state index in [1.54, 1.807) is 0 Å². The molecule has 0 fully saturated rings. The Hall–Kier alpha value is -8.66. The second-order valence-electron chi connectivity index (χ2n) is 16.9. The monoisotopic (exact) mass is 828 g/mol. The van der Waals surface area contributed by atoms with Gasteiger partial charge in [-0.2, -0.15) is 0 Å². The second-order valence-corrected chi connectivity index (χ2v) is 16.9. The van der Waals surface area contributed by atoms with Gasteiger partial charge in [0.1, 0.15) is 11.2 Å². The first-order chi connectivity index (χ1) is 32.2. The molecule has 0 unspecified atom stereocenters. The number of aromatic nitrogens is 1. The lowest BCUT2D eigenvalue weighted by atomic mass is 9.95. The van der Waals surface area contributed by atoms with Gasteiger partial charge in [0.05, 0.1) is 16.7 Å². The smallest absolute Gasteiger partial charge is 0.136 e. The summed E-state index contributed by atoms with van der Waals surface area (Å²) < 4.78 is 8.65. The summed E-state index contributed by atoms with van der Waals surface area (Å²) in [6, 6.07) is 87.7. The van der Waals surface area contributed by atoms with Crippen LogP contribution in [0.25, 0.3) is 104 Å². The van der Waals surface area contributed by atoms with Crippen LogP contribution < -0.4 is 4.90 Å². The van der Waals surface area contributed by atoms with Crippen molar-refractivity contribution in [2.75, 3.05) is 4.90 Å². The van der Waals surface area contributed by atoms with Gasteiger partial charge >= 0.3 is 0 Å². The van der Waals surface area contributed by atoms with Gasteiger partial charge in [-0.3, -0.25) is 0 Å². The Labute approximate surface area is 376 Å². The van der Waals surface area contributed by atoms with Crippen LogP contribution in [0.2, 0.25) is 0 Å². The summed E-state index contributed by atoms with van der Waals surface area (Å²) in [6.07, 6.45) is 0. The van der Waals surface area contributed by atoms with Crippen molar-refractivity contribution in [1.29, 1.82) is 0 Å². The second kappa shape index (κ2) is 15.0. The maximum Gasteiger partial charge on any atom is 0.136 e. The zero-order valence-corrected chi connectivity index (χ0v) is 35.4. The third-order valence-corrected chi connectivity index (χ3v) is 13.2. The zero-order chi connectivity index (χ0) is 42.8. The fraction of sp³-hybridized carbons (Fsp3) is 0. The number of furan rings is 1. The van der Waals surface area contributed by atoms with E-state index in [0.717, 1.165) is 66.9 Å². The predicted molar refractivity (Wildman–Crippen MR) is 274 cm³/mol. The highest BCUT2D eigenvalue weighted by atomic mass is 16.3. The van der Waals surface area contributed by atoms with Crippen molar-refractivity contribution in [3.63, 3.8) is 0 Å². The number of hydrogen-bond acceptors (Lipinski definition) is 2. The van der Waals surface area contributed by atoms with E-state index in [1.165, 1.54) is 54.5 Å². The van der Waals surface area contributed by atoms with Gasteiger partial charge in [0.2, 0.25) is 0 Å². The Balaban J connectivity index is 0.910. The highest BCUT2D eigenvalue weighted by molar-refractivity contribution is 6.13. The van der Waals surface area contributed by atoms with Crippen molar-refractivity contribution < 1.29 is 4.42 Å². The van der Waals surface area contributed by atoms with E-state index in [1.807, 2.05) is 12.1 Å². The van der Waals surface area contributed by atoms with E-state index >= 15 is 0 Å². The van der Waals surface area contributed by atoms with Crippen LogP contribution in [0.1, 0.15) is 0 Å². The fourth-order valence-corrected chi connectivity index (χ4v) is 10.1. The van der Waals surface area contributed by atoms with E-state index in [-0.39, 0.29) is 0 Å². The van der Waals surface area contributed by atoms with Crippen LogP contribution in [0.3, 0.4) is 0 Å². The molecule has 0 amide bonds. The van der Waals surface area contributed by atoms with Crippen LogP contribution >= 0.6 is 0 Å². The Morgan fingerprint density at radius 3 is 1.58 bits per heavy atom. The minimum atomic E-state index is 0.896. The number of hydrogen-bond donors (Lipinski definition) is 0. The molecule has 13 aromatic rings. The van der Waals surface area contributed by atoms with Crippen molar-refractivity contribution in [1.82, 2.24) is 4.57 Å². The molecule has 11 aromatic carbocycles. The summed E-state index contributed by atoms with van der Waals surface area (Å²) >= 11 is 0. The van der Waals surface area contributed by atoms with E-state index in [9.17, 15) is 0 Å². The summed E-state index contributed by atoms with van der Waals surface area (Å²) in [5.74, 6) is 0. The number of para-hydroxylation sites is 4. The van der Waals surface area contributed by atoms with Crippen LogP contribution in [-0.2, 0) is 0 Å². The lowest BCUT2D eigenvalue weighted by Gasteiger charge is -2.28. The Bertz CT molecular complexity index is 3880. The summed E-state index contributed by atoms with van der Waals surface area (Å²) in [5, 5.41) is 9.80. The summed E-state index contributed by atoms with van der Waals surface area (Å²) in [7, 11) is 0. The Kier molecular flexibility index (Phi) is 8.53. The molecule has 0 radical (unpaired) electrons. The average Bonchev–Trinajstić information content (AvgIpc) is 3.93. The van der Waals surface area contributed by atoms with Crippen LogP contribution in [0.15, 0.2) is 247 Å². The van der Waals surface area contributed by atoms with E-state index < -0.39 is 0 Å². The maximum atomic E-state index is 6.28. The molecule has 0 aliphatic rings. The normalized spacial score (nSPS) is 11.7. The minimum Gasteiger partial charge on any atom is -0.456 e. The quantitative estimate of drug-likeness (QED) is 0.149. The standard InChI is InChI=1S/C62H40N2O/c1-2-13-50-43(12-1)24-25-45-40-46(32-39-51(45)50)52-14-3-7-19-57(52)63(48-37-30-44(31-38-48)53-18-11-23-61-62(53)56-17-6-10-22-60(56)65-61)47-33-26-41(27-34-47)42-28-35-49(36-29-42)64-58-20-8-4-15-54(58)55-16-5-9-21-59(55)64/h1-40H. The molecular formula is C62H40N2O. The van der Waals surface area contributed by atoms with Crippen molar-refractivity contribution >= 4 is 82.4 Å². The first kappa shape index (κ1) is 36.9. The first-order valence-corrected chi connectivity index (χ1v) is 22.2. The molecule has 0 N–H and O–H groups in total. The van der Waals surface area contributed by atoms with Gasteiger partial charge in [0, 0.05) is 44.2 Å². The third kappa shape index (κ3) is 6.12. The zero-order valence-electron chi connectivity index (χ0n) is 35.4. The fourth-order valence-electron chi connectivity index (χ4n) is 10.1. The number of benzene rings is 11. The van der Waals surface area contributed by atoms with Gasteiger partial charge in [-0.15, -0.1) is 0 Å². The molecule has 3 heteroatoms. The molecule has 0 spiro atoms. The SMILES string of the molecule is c1ccc(N(c2ccc(-c3ccc(-n4c5ccccc5c5ccccc54)cc3)cc2)c2ccc(-c3cccc4oc5ccccc5c34)cc2)c(-c2ccc3c(ccc4ccccc43)c2)c1. The van der Waals surface area contributed by atoms with Crippen LogP contribution in [0, 0.1) is 0 Å². The molecule has 3 nitrogen and oxygen atoms in total. The molecule has 65 heavy (non-hydrogen) atoms. The van der Waals surface area contributed by atoms with E-state index in [2.05, 4.69) is 240 Å². The number of rotatable bonds is 7. The number of fused-ring (bicyclic) bond motifs is 9. The molecule has 2 aromatic heterocycles. The minimum absolute atomic E-state index is 0.896. The molecule has 2 heterocycles. The Morgan fingerprint density at radius 2 is 0.846 bits per heavy atom. The third-order valence-electron chi connectivity index (χ3n) is 13.2. The van der Waals surface area contributed by atoms with Crippen LogP contribution in [0.5, 0.6) is 0 Å². The lowest BCUT2D eigenvalue weighted by Crippen LogP contribution is -2.11. The highest BCUT2D eigenvalue weighted by Gasteiger charge is 2.20. The Morgan fingerprint density at radius 1 is 0.323 bits per heavy atom. The largest absolute Gasteiger partial charge is 0.456 e.